The molecule has 5 heteroatoms. The van der Waals surface area contributed by atoms with Gasteiger partial charge >= 0.3 is 5.97 Å². The van der Waals surface area contributed by atoms with E-state index in [2.05, 4.69) is 5.10 Å². The molecule has 4 nitrogen and oxygen atoms in total. The largest absolute Gasteiger partial charge is 0.478 e. The average molecular weight is 262 g/mol. The summed E-state index contributed by atoms with van der Waals surface area (Å²) in [6.45, 7) is 5.53. The summed E-state index contributed by atoms with van der Waals surface area (Å²) < 4.78 is 14.6. The number of carboxylic acids is 1. The molecule has 0 radical (unpaired) electrons. The first-order valence-corrected chi connectivity index (χ1v) is 5.99. The minimum Gasteiger partial charge on any atom is -0.478 e. The van der Waals surface area contributed by atoms with Crippen LogP contribution in [0.25, 0.3) is 5.69 Å². The molecule has 0 aliphatic heterocycles. The summed E-state index contributed by atoms with van der Waals surface area (Å²) in [7, 11) is 0. The van der Waals surface area contributed by atoms with Gasteiger partial charge < -0.3 is 5.11 Å². The third-order valence-corrected chi connectivity index (χ3v) is 2.93. The van der Waals surface area contributed by atoms with Gasteiger partial charge in [0.15, 0.2) is 0 Å². The normalized spacial score (nSPS) is 11.0. The lowest BCUT2D eigenvalue weighted by Gasteiger charge is -2.05. The molecule has 0 aliphatic rings. The molecule has 0 aliphatic carbocycles. The number of aromatic carboxylic acids is 1. The summed E-state index contributed by atoms with van der Waals surface area (Å²) in [4.78, 5) is 11.2. The van der Waals surface area contributed by atoms with Crippen molar-refractivity contribution in [3.63, 3.8) is 0 Å². The highest BCUT2D eigenvalue weighted by Crippen LogP contribution is 2.21. The van der Waals surface area contributed by atoms with Crippen molar-refractivity contribution in [2.75, 3.05) is 0 Å². The highest BCUT2D eigenvalue weighted by Gasteiger charge is 2.19. The lowest BCUT2D eigenvalue weighted by Crippen LogP contribution is -2.01. The van der Waals surface area contributed by atoms with Crippen LogP contribution >= 0.6 is 0 Å². The second kappa shape index (κ2) is 4.84. The van der Waals surface area contributed by atoms with Crippen molar-refractivity contribution < 1.29 is 14.3 Å². The highest BCUT2D eigenvalue weighted by atomic mass is 19.1. The smallest absolute Gasteiger partial charge is 0.339 e. The van der Waals surface area contributed by atoms with Crippen LogP contribution in [0.3, 0.4) is 0 Å². The zero-order valence-electron chi connectivity index (χ0n) is 11.0. The minimum absolute atomic E-state index is 0.00750. The highest BCUT2D eigenvalue weighted by molar-refractivity contribution is 5.89. The average Bonchev–Trinajstić information content (AvgIpc) is 2.73. The molecule has 2 rings (SSSR count). The SMILES string of the molecule is Cc1cc(F)ccc1-n1cc(C(=O)O)c(C(C)C)n1. The van der Waals surface area contributed by atoms with E-state index in [1.807, 2.05) is 13.8 Å². The fourth-order valence-electron chi connectivity index (χ4n) is 1.98. The summed E-state index contributed by atoms with van der Waals surface area (Å²) in [5, 5.41) is 13.5. The van der Waals surface area contributed by atoms with E-state index in [-0.39, 0.29) is 17.3 Å². The molecule has 2 aromatic rings. The number of halogens is 1. The van der Waals surface area contributed by atoms with Crippen LogP contribution in [0, 0.1) is 12.7 Å². The van der Waals surface area contributed by atoms with Crippen molar-refractivity contribution >= 4 is 5.97 Å². The van der Waals surface area contributed by atoms with Crippen molar-refractivity contribution in [1.29, 1.82) is 0 Å². The van der Waals surface area contributed by atoms with Gasteiger partial charge in [0.25, 0.3) is 0 Å². The van der Waals surface area contributed by atoms with E-state index in [9.17, 15) is 14.3 Å². The maximum absolute atomic E-state index is 13.1. The molecular weight excluding hydrogens is 247 g/mol. The van der Waals surface area contributed by atoms with E-state index >= 15 is 0 Å². The molecular formula is C14H15FN2O2. The number of hydrogen-bond donors (Lipinski definition) is 1. The van der Waals surface area contributed by atoms with Crippen molar-refractivity contribution in [2.45, 2.75) is 26.7 Å². The number of aromatic nitrogens is 2. The Hall–Kier alpha value is -2.17. The van der Waals surface area contributed by atoms with Gasteiger partial charge in [-0.25, -0.2) is 13.9 Å². The molecule has 0 atom stereocenters. The summed E-state index contributed by atoms with van der Waals surface area (Å²) in [5.41, 5.74) is 2.08. The number of aryl methyl sites for hydroxylation is 1. The molecule has 0 unspecified atom stereocenters. The summed E-state index contributed by atoms with van der Waals surface area (Å²) in [5.74, 6) is -1.32. The van der Waals surface area contributed by atoms with Crippen LogP contribution in [-0.2, 0) is 0 Å². The molecule has 1 aromatic carbocycles. The Morgan fingerprint density at radius 1 is 1.42 bits per heavy atom. The van der Waals surface area contributed by atoms with Crippen molar-refractivity contribution in [2.24, 2.45) is 0 Å². The number of nitrogens with zero attached hydrogens (tertiary/aromatic N) is 2. The van der Waals surface area contributed by atoms with E-state index in [1.54, 1.807) is 13.0 Å². The third-order valence-electron chi connectivity index (χ3n) is 2.93. The first-order valence-electron chi connectivity index (χ1n) is 5.99. The van der Waals surface area contributed by atoms with Gasteiger partial charge in [-0.2, -0.15) is 5.10 Å². The van der Waals surface area contributed by atoms with Crippen molar-refractivity contribution in [3.05, 3.63) is 47.0 Å². The second-order valence-corrected chi connectivity index (χ2v) is 4.76. The van der Waals surface area contributed by atoms with Crippen LogP contribution < -0.4 is 0 Å². The second-order valence-electron chi connectivity index (χ2n) is 4.76. The van der Waals surface area contributed by atoms with Crippen LogP contribution in [0.15, 0.2) is 24.4 Å². The van der Waals surface area contributed by atoms with Gasteiger partial charge in [-0.1, -0.05) is 13.8 Å². The molecule has 0 bridgehead atoms. The standard InChI is InChI=1S/C14H15FN2O2/c1-8(2)13-11(14(18)19)7-17(16-13)12-5-4-10(15)6-9(12)3/h4-8H,1-3H3,(H,18,19). The Labute approximate surface area is 110 Å². The Bertz CT molecular complexity index is 632. The zero-order valence-corrected chi connectivity index (χ0v) is 11.0. The Kier molecular flexibility index (Phi) is 3.38. The number of hydrogen-bond acceptors (Lipinski definition) is 2. The maximum Gasteiger partial charge on any atom is 0.339 e. The molecule has 0 saturated heterocycles. The molecule has 0 amide bonds. The van der Waals surface area contributed by atoms with Crippen LogP contribution in [0.5, 0.6) is 0 Å². The molecule has 19 heavy (non-hydrogen) atoms. The molecule has 100 valence electrons. The summed E-state index contributed by atoms with van der Waals surface area (Å²) in [6.07, 6.45) is 1.47. The maximum atomic E-state index is 13.1. The van der Waals surface area contributed by atoms with Gasteiger partial charge in [0, 0.05) is 6.20 Å². The zero-order chi connectivity index (χ0) is 14.2. The number of benzene rings is 1. The van der Waals surface area contributed by atoms with Crippen LogP contribution in [-0.4, -0.2) is 20.9 Å². The molecule has 1 aromatic heterocycles. The van der Waals surface area contributed by atoms with E-state index in [0.29, 0.717) is 16.9 Å². The molecule has 1 N–H and O–H groups in total. The summed E-state index contributed by atoms with van der Waals surface area (Å²) >= 11 is 0. The minimum atomic E-state index is -1.00. The first kappa shape index (κ1) is 13.3. The molecule has 0 fully saturated rings. The van der Waals surface area contributed by atoms with E-state index in [0.717, 1.165) is 0 Å². The van der Waals surface area contributed by atoms with Crippen LogP contribution in [0.4, 0.5) is 4.39 Å². The van der Waals surface area contributed by atoms with Crippen molar-refractivity contribution in [1.82, 2.24) is 9.78 Å². The van der Waals surface area contributed by atoms with Gasteiger partial charge in [0.2, 0.25) is 0 Å². The monoisotopic (exact) mass is 262 g/mol. The summed E-state index contributed by atoms with van der Waals surface area (Å²) in [6, 6.07) is 4.32. The van der Waals surface area contributed by atoms with Crippen molar-refractivity contribution in [3.8, 4) is 5.69 Å². The van der Waals surface area contributed by atoms with Gasteiger partial charge in [0.1, 0.15) is 11.4 Å². The predicted octanol–water partition coefficient (Wildman–Crippen LogP) is 3.14. The number of carbonyl (C=O) groups is 1. The van der Waals surface area contributed by atoms with E-state index in [1.165, 1.54) is 23.0 Å². The van der Waals surface area contributed by atoms with Gasteiger partial charge in [0.05, 0.1) is 11.4 Å². The number of rotatable bonds is 3. The molecule has 0 saturated carbocycles. The Morgan fingerprint density at radius 2 is 2.11 bits per heavy atom. The fourth-order valence-corrected chi connectivity index (χ4v) is 1.98. The lowest BCUT2D eigenvalue weighted by molar-refractivity contribution is 0.0695. The number of carboxylic acid groups (broad SMARTS) is 1. The van der Waals surface area contributed by atoms with Gasteiger partial charge in [-0.05, 0) is 36.6 Å². The van der Waals surface area contributed by atoms with Gasteiger partial charge in [-0.15, -0.1) is 0 Å². The van der Waals surface area contributed by atoms with E-state index in [4.69, 9.17) is 0 Å². The fraction of sp³-hybridized carbons (Fsp3) is 0.286. The quantitative estimate of drug-likeness (QED) is 0.924. The molecule has 0 spiro atoms. The predicted molar refractivity (Wildman–Crippen MR) is 69.3 cm³/mol. The molecule has 1 heterocycles. The Balaban J connectivity index is 2.57. The third kappa shape index (κ3) is 2.50. The Morgan fingerprint density at radius 3 is 2.58 bits per heavy atom. The van der Waals surface area contributed by atoms with E-state index < -0.39 is 5.97 Å². The topological polar surface area (TPSA) is 55.1 Å². The van der Waals surface area contributed by atoms with Crippen LogP contribution in [0.1, 0.15) is 41.4 Å². The first-order chi connectivity index (χ1) is 8.90. The van der Waals surface area contributed by atoms with Gasteiger partial charge in [-0.3, -0.25) is 0 Å². The lowest BCUT2D eigenvalue weighted by atomic mass is 10.1. The van der Waals surface area contributed by atoms with Crippen LogP contribution in [0.2, 0.25) is 0 Å².